The summed E-state index contributed by atoms with van der Waals surface area (Å²) in [4.78, 5) is 16.0. The number of carbonyl (C=O) groups excluding carboxylic acids is 1. The molecule has 0 unspecified atom stereocenters. The Balaban J connectivity index is 1.95. The fraction of sp³-hybridized carbons (Fsp3) is 0.333. The highest BCUT2D eigenvalue weighted by Crippen LogP contribution is 2.30. The zero-order chi connectivity index (χ0) is 20.3. The van der Waals surface area contributed by atoms with Crippen LogP contribution in [0.3, 0.4) is 0 Å². The van der Waals surface area contributed by atoms with Crippen LogP contribution in [0.15, 0.2) is 36.4 Å². The number of hydrogen-bond donors (Lipinski definition) is 0. The van der Waals surface area contributed by atoms with Gasteiger partial charge in [0.15, 0.2) is 0 Å². The molecular formula is C21H20ClF2N3O. The van der Waals surface area contributed by atoms with Crippen LogP contribution in [-0.4, -0.2) is 29.9 Å². The van der Waals surface area contributed by atoms with E-state index < -0.39 is 11.6 Å². The number of benzene rings is 2. The first-order chi connectivity index (χ1) is 13.4. The van der Waals surface area contributed by atoms with Crippen LogP contribution in [0.25, 0.3) is 0 Å². The molecule has 2 aromatic rings. The van der Waals surface area contributed by atoms with E-state index in [0.717, 1.165) is 12.5 Å². The Morgan fingerprint density at radius 2 is 2.07 bits per heavy atom. The van der Waals surface area contributed by atoms with Crippen molar-refractivity contribution in [2.45, 2.75) is 32.4 Å². The molecule has 3 rings (SSSR count). The van der Waals surface area contributed by atoms with Gasteiger partial charge in [0, 0.05) is 43.4 Å². The van der Waals surface area contributed by atoms with Crippen molar-refractivity contribution in [2.75, 3.05) is 18.0 Å². The van der Waals surface area contributed by atoms with Gasteiger partial charge < -0.3 is 9.80 Å². The first-order valence-corrected chi connectivity index (χ1v) is 9.48. The van der Waals surface area contributed by atoms with E-state index >= 15 is 0 Å². The van der Waals surface area contributed by atoms with Crippen LogP contribution in [0.2, 0.25) is 5.02 Å². The van der Waals surface area contributed by atoms with Gasteiger partial charge >= 0.3 is 0 Å². The van der Waals surface area contributed by atoms with E-state index in [1.165, 1.54) is 12.1 Å². The standard InChI is InChI=1S/C21H20ClF2N3O/c1-2-7-26-13-18(10-21(26)28)27(12-15-3-5-16(23)8-20(15)24)17-6-4-14(11-25)19(22)9-17/h3-6,8-9,18H,2,7,10,12-13H2,1H3/t18-/m0/s1. The summed E-state index contributed by atoms with van der Waals surface area (Å²) in [5, 5.41) is 9.39. The molecule has 0 N–H and O–H groups in total. The lowest BCUT2D eigenvalue weighted by Gasteiger charge is -2.31. The number of nitriles is 1. The second-order valence-corrected chi connectivity index (χ2v) is 7.24. The van der Waals surface area contributed by atoms with E-state index in [1.54, 1.807) is 23.1 Å². The first kappa shape index (κ1) is 20.1. The SMILES string of the molecule is CCCN1C[C@@H](N(Cc2ccc(F)cc2F)c2ccc(C#N)c(Cl)c2)CC1=O. The molecule has 1 aliphatic heterocycles. The molecule has 146 valence electrons. The number of hydrogen-bond acceptors (Lipinski definition) is 3. The lowest BCUT2D eigenvalue weighted by molar-refractivity contribution is -0.127. The minimum atomic E-state index is -0.639. The van der Waals surface area contributed by atoms with E-state index in [4.69, 9.17) is 16.9 Å². The minimum Gasteiger partial charge on any atom is -0.362 e. The van der Waals surface area contributed by atoms with Crippen LogP contribution in [0.4, 0.5) is 14.5 Å². The fourth-order valence-corrected chi connectivity index (χ4v) is 3.70. The van der Waals surface area contributed by atoms with Crippen molar-refractivity contribution in [3.63, 3.8) is 0 Å². The van der Waals surface area contributed by atoms with Gasteiger partial charge in [0.1, 0.15) is 17.7 Å². The molecule has 7 heteroatoms. The average molecular weight is 404 g/mol. The highest BCUT2D eigenvalue weighted by Gasteiger charge is 2.33. The van der Waals surface area contributed by atoms with Gasteiger partial charge in [-0.25, -0.2) is 8.78 Å². The summed E-state index contributed by atoms with van der Waals surface area (Å²) in [6.07, 6.45) is 1.16. The van der Waals surface area contributed by atoms with Crippen molar-refractivity contribution in [1.82, 2.24) is 4.90 Å². The molecule has 0 aromatic heterocycles. The van der Waals surface area contributed by atoms with Gasteiger partial charge in [-0.3, -0.25) is 4.79 Å². The van der Waals surface area contributed by atoms with Crippen LogP contribution in [0, 0.1) is 23.0 Å². The topological polar surface area (TPSA) is 47.3 Å². The highest BCUT2D eigenvalue weighted by molar-refractivity contribution is 6.32. The number of carbonyl (C=O) groups is 1. The third-order valence-electron chi connectivity index (χ3n) is 4.89. The number of rotatable bonds is 6. The quantitative estimate of drug-likeness (QED) is 0.713. The number of nitrogens with zero attached hydrogens (tertiary/aromatic N) is 3. The molecule has 1 saturated heterocycles. The van der Waals surface area contributed by atoms with Crippen LogP contribution in [0.5, 0.6) is 0 Å². The molecule has 1 aliphatic rings. The van der Waals surface area contributed by atoms with Gasteiger partial charge in [0.2, 0.25) is 5.91 Å². The zero-order valence-corrected chi connectivity index (χ0v) is 16.2. The Hall–Kier alpha value is -2.65. The largest absolute Gasteiger partial charge is 0.362 e. The lowest BCUT2D eigenvalue weighted by Crippen LogP contribution is -2.37. The number of halogens is 3. The van der Waals surface area contributed by atoms with Gasteiger partial charge in [-0.1, -0.05) is 24.6 Å². The van der Waals surface area contributed by atoms with Gasteiger partial charge in [0.05, 0.1) is 16.6 Å². The fourth-order valence-electron chi connectivity index (χ4n) is 3.48. The molecule has 1 heterocycles. The van der Waals surface area contributed by atoms with E-state index in [2.05, 4.69) is 0 Å². The monoisotopic (exact) mass is 403 g/mol. The third-order valence-corrected chi connectivity index (χ3v) is 5.20. The minimum absolute atomic E-state index is 0.0520. The maximum Gasteiger partial charge on any atom is 0.224 e. The molecule has 0 spiro atoms. The van der Waals surface area contributed by atoms with Gasteiger partial charge in [0.25, 0.3) is 0 Å². The summed E-state index contributed by atoms with van der Waals surface area (Å²) in [6, 6.07) is 10.3. The third kappa shape index (κ3) is 4.26. The molecule has 1 atom stereocenters. The average Bonchev–Trinajstić information content (AvgIpc) is 3.01. The molecule has 2 aromatic carbocycles. The second-order valence-electron chi connectivity index (χ2n) is 6.84. The zero-order valence-electron chi connectivity index (χ0n) is 15.5. The van der Waals surface area contributed by atoms with Crippen molar-refractivity contribution in [1.29, 1.82) is 5.26 Å². The number of amides is 1. The second kappa shape index (κ2) is 8.57. The maximum atomic E-state index is 14.3. The van der Waals surface area contributed by atoms with E-state index in [9.17, 15) is 13.6 Å². The molecular weight excluding hydrogens is 384 g/mol. The summed E-state index contributed by atoms with van der Waals surface area (Å²) in [7, 11) is 0. The first-order valence-electron chi connectivity index (χ1n) is 9.11. The Bertz CT molecular complexity index is 928. The number of likely N-dealkylation sites (tertiary alicyclic amines) is 1. The molecule has 4 nitrogen and oxygen atoms in total. The normalized spacial score (nSPS) is 16.3. The van der Waals surface area contributed by atoms with Crippen LogP contribution < -0.4 is 4.90 Å². The Morgan fingerprint density at radius 3 is 2.71 bits per heavy atom. The van der Waals surface area contributed by atoms with Crippen LogP contribution in [0.1, 0.15) is 30.9 Å². The summed E-state index contributed by atoms with van der Waals surface area (Å²) in [5.41, 5.74) is 1.35. The Kier molecular flexibility index (Phi) is 6.15. The molecule has 1 amide bonds. The summed E-state index contributed by atoms with van der Waals surface area (Å²) < 4.78 is 27.6. The highest BCUT2D eigenvalue weighted by atomic mass is 35.5. The van der Waals surface area contributed by atoms with Gasteiger partial charge in [-0.2, -0.15) is 5.26 Å². The molecule has 0 bridgehead atoms. The predicted octanol–water partition coefficient (Wildman–Crippen LogP) is 4.51. The molecule has 0 saturated carbocycles. The van der Waals surface area contributed by atoms with Crippen molar-refractivity contribution in [2.24, 2.45) is 0 Å². The van der Waals surface area contributed by atoms with Crippen LogP contribution in [-0.2, 0) is 11.3 Å². The van der Waals surface area contributed by atoms with Gasteiger partial charge in [-0.05, 0) is 30.7 Å². The van der Waals surface area contributed by atoms with Crippen LogP contribution >= 0.6 is 11.6 Å². The maximum absolute atomic E-state index is 14.3. The van der Waals surface area contributed by atoms with Crippen molar-refractivity contribution in [3.8, 4) is 6.07 Å². The van der Waals surface area contributed by atoms with Crippen molar-refractivity contribution in [3.05, 3.63) is 64.2 Å². The Morgan fingerprint density at radius 1 is 1.29 bits per heavy atom. The lowest BCUT2D eigenvalue weighted by atomic mass is 10.1. The Labute approximate surface area is 167 Å². The number of anilines is 1. The van der Waals surface area contributed by atoms with E-state index in [1.807, 2.05) is 17.9 Å². The van der Waals surface area contributed by atoms with Crippen molar-refractivity contribution < 1.29 is 13.6 Å². The predicted molar refractivity (Wildman–Crippen MR) is 104 cm³/mol. The molecule has 28 heavy (non-hydrogen) atoms. The smallest absolute Gasteiger partial charge is 0.224 e. The van der Waals surface area contributed by atoms with Crippen molar-refractivity contribution >= 4 is 23.2 Å². The van der Waals surface area contributed by atoms with Gasteiger partial charge in [-0.15, -0.1) is 0 Å². The summed E-state index contributed by atoms with van der Waals surface area (Å²) in [6.45, 7) is 3.36. The summed E-state index contributed by atoms with van der Waals surface area (Å²) >= 11 is 6.19. The van der Waals surface area contributed by atoms with E-state index in [0.29, 0.717) is 41.3 Å². The molecule has 0 aliphatic carbocycles. The van der Waals surface area contributed by atoms with E-state index in [-0.39, 0.29) is 18.5 Å². The molecule has 0 radical (unpaired) electrons. The molecule has 1 fully saturated rings. The summed E-state index contributed by atoms with van der Waals surface area (Å²) in [5.74, 6) is -1.23.